The predicted molar refractivity (Wildman–Crippen MR) is 81.5 cm³/mol. The maximum Gasteiger partial charge on any atom is 0.326 e. The molecule has 0 aliphatic heterocycles. The summed E-state index contributed by atoms with van der Waals surface area (Å²) in [6.07, 6.45) is 5.05. The van der Waals surface area contributed by atoms with Crippen LogP contribution < -0.4 is 10.6 Å². The van der Waals surface area contributed by atoms with E-state index in [1.807, 2.05) is 6.26 Å². The Labute approximate surface area is 126 Å². The van der Waals surface area contributed by atoms with Gasteiger partial charge in [-0.3, -0.25) is 0 Å². The molecule has 0 saturated heterocycles. The van der Waals surface area contributed by atoms with E-state index in [-0.39, 0.29) is 5.82 Å². The lowest BCUT2D eigenvalue weighted by atomic mass is 10.2. The number of thioether (sulfide) groups is 1. The van der Waals surface area contributed by atoms with Crippen LogP contribution in [0.25, 0.3) is 6.08 Å². The highest BCUT2D eigenvalue weighted by Gasteiger charge is 2.18. The zero-order valence-electron chi connectivity index (χ0n) is 11.5. The molecule has 0 heterocycles. The highest BCUT2D eigenvalue weighted by molar-refractivity contribution is 7.98. The van der Waals surface area contributed by atoms with Crippen LogP contribution in [0, 0.1) is 5.82 Å². The molecule has 1 aromatic rings. The topological polar surface area (TPSA) is 78.4 Å². The normalized spacial score (nSPS) is 12.1. The minimum Gasteiger partial charge on any atom is -0.480 e. The number of aliphatic carboxylic acids is 1. The fourth-order valence-electron chi connectivity index (χ4n) is 1.52. The van der Waals surface area contributed by atoms with E-state index in [4.69, 9.17) is 5.11 Å². The van der Waals surface area contributed by atoms with Gasteiger partial charge in [0.1, 0.15) is 11.9 Å². The number of carbonyl (C=O) groups excluding carboxylic acids is 1. The molecule has 7 heteroatoms. The fraction of sp³-hybridized carbons (Fsp3) is 0.286. The van der Waals surface area contributed by atoms with Gasteiger partial charge in [-0.05, 0) is 42.2 Å². The van der Waals surface area contributed by atoms with E-state index in [0.717, 1.165) is 0 Å². The molecule has 0 radical (unpaired) electrons. The Morgan fingerprint density at radius 1 is 1.48 bits per heavy atom. The minimum atomic E-state index is -1.08. The molecule has 114 valence electrons. The van der Waals surface area contributed by atoms with Crippen LogP contribution in [0.5, 0.6) is 0 Å². The van der Waals surface area contributed by atoms with Crippen molar-refractivity contribution in [3.8, 4) is 0 Å². The molecule has 0 bridgehead atoms. The van der Waals surface area contributed by atoms with Gasteiger partial charge in [0.25, 0.3) is 0 Å². The summed E-state index contributed by atoms with van der Waals surface area (Å²) in [5.74, 6) is -0.811. The lowest BCUT2D eigenvalue weighted by Crippen LogP contribution is -2.44. The van der Waals surface area contributed by atoms with Crippen molar-refractivity contribution in [2.24, 2.45) is 0 Å². The Balaban J connectivity index is 2.47. The molecule has 1 rings (SSSR count). The summed E-state index contributed by atoms with van der Waals surface area (Å²) < 4.78 is 12.9. The first-order valence-corrected chi connectivity index (χ1v) is 7.63. The Hall–Kier alpha value is -2.02. The number of urea groups is 1. The number of carbonyl (C=O) groups is 2. The van der Waals surface area contributed by atoms with E-state index in [9.17, 15) is 14.0 Å². The van der Waals surface area contributed by atoms with E-state index in [1.165, 1.54) is 36.2 Å². The second kappa shape index (κ2) is 9.02. The Kier molecular flexibility index (Phi) is 7.31. The molecule has 0 fully saturated rings. The van der Waals surface area contributed by atoms with Gasteiger partial charge in [0, 0.05) is 6.20 Å². The fourth-order valence-corrected chi connectivity index (χ4v) is 1.99. The number of hydrogen-bond acceptors (Lipinski definition) is 3. The van der Waals surface area contributed by atoms with Crippen molar-refractivity contribution in [2.45, 2.75) is 12.5 Å². The molecule has 3 N–H and O–H groups in total. The second-order valence-electron chi connectivity index (χ2n) is 4.18. The first-order valence-electron chi connectivity index (χ1n) is 6.24. The summed E-state index contributed by atoms with van der Waals surface area (Å²) in [6, 6.07) is 4.32. The van der Waals surface area contributed by atoms with Crippen molar-refractivity contribution in [1.82, 2.24) is 10.6 Å². The van der Waals surface area contributed by atoms with Crippen LogP contribution in [-0.2, 0) is 4.79 Å². The minimum absolute atomic E-state index is 0.345. The number of carboxylic acids is 1. The number of benzene rings is 1. The summed E-state index contributed by atoms with van der Waals surface area (Å²) in [5.41, 5.74) is 0.590. The van der Waals surface area contributed by atoms with Gasteiger partial charge >= 0.3 is 12.0 Å². The Morgan fingerprint density at radius 3 is 2.86 bits per heavy atom. The maximum absolute atomic E-state index is 12.9. The van der Waals surface area contributed by atoms with Gasteiger partial charge in [0.05, 0.1) is 0 Å². The van der Waals surface area contributed by atoms with Gasteiger partial charge in [-0.15, -0.1) is 0 Å². The first kappa shape index (κ1) is 17.0. The van der Waals surface area contributed by atoms with Crippen LogP contribution in [0.15, 0.2) is 30.5 Å². The highest BCUT2D eigenvalue weighted by atomic mass is 32.2. The van der Waals surface area contributed by atoms with E-state index in [1.54, 1.807) is 12.1 Å². The quantitative estimate of drug-likeness (QED) is 0.722. The molecule has 1 aromatic carbocycles. The van der Waals surface area contributed by atoms with Crippen molar-refractivity contribution in [3.63, 3.8) is 0 Å². The van der Waals surface area contributed by atoms with Gasteiger partial charge in [0.2, 0.25) is 0 Å². The standard InChI is InChI=1S/C14H17FN2O3S/c1-21-8-6-12(13(18)19)17-14(20)16-7-5-10-3-2-4-11(15)9-10/h2-5,7,9,12H,6,8H2,1H3,(H,18,19)(H2,16,17,20)/b7-5+. The number of halogens is 1. The molecule has 21 heavy (non-hydrogen) atoms. The smallest absolute Gasteiger partial charge is 0.326 e. The lowest BCUT2D eigenvalue weighted by molar-refractivity contribution is -0.139. The molecule has 1 atom stereocenters. The molecular weight excluding hydrogens is 295 g/mol. The van der Waals surface area contributed by atoms with Crippen LogP contribution in [0.4, 0.5) is 9.18 Å². The molecule has 0 aromatic heterocycles. The van der Waals surface area contributed by atoms with E-state index < -0.39 is 18.0 Å². The SMILES string of the molecule is CSCCC(NC(=O)N/C=C/c1cccc(F)c1)C(=O)O. The van der Waals surface area contributed by atoms with E-state index in [2.05, 4.69) is 10.6 Å². The maximum atomic E-state index is 12.9. The molecule has 0 aliphatic carbocycles. The Morgan fingerprint density at radius 2 is 2.24 bits per heavy atom. The summed E-state index contributed by atoms with van der Waals surface area (Å²) in [7, 11) is 0. The summed E-state index contributed by atoms with van der Waals surface area (Å²) >= 11 is 1.51. The molecule has 0 spiro atoms. The monoisotopic (exact) mass is 312 g/mol. The largest absolute Gasteiger partial charge is 0.480 e. The van der Waals surface area contributed by atoms with Crippen LogP contribution >= 0.6 is 11.8 Å². The third kappa shape index (κ3) is 6.80. The van der Waals surface area contributed by atoms with E-state index in [0.29, 0.717) is 17.7 Å². The third-order valence-electron chi connectivity index (χ3n) is 2.55. The van der Waals surface area contributed by atoms with Crippen LogP contribution in [-0.4, -0.2) is 35.2 Å². The average molecular weight is 312 g/mol. The number of hydrogen-bond donors (Lipinski definition) is 3. The van der Waals surface area contributed by atoms with Gasteiger partial charge in [-0.2, -0.15) is 11.8 Å². The lowest BCUT2D eigenvalue weighted by Gasteiger charge is -2.13. The molecule has 0 saturated carbocycles. The van der Waals surface area contributed by atoms with Gasteiger partial charge in [-0.1, -0.05) is 12.1 Å². The summed E-state index contributed by atoms with van der Waals surface area (Å²) in [4.78, 5) is 22.5. The summed E-state index contributed by atoms with van der Waals surface area (Å²) in [5, 5.41) is 13.7. The van der Waals surface area contributed by atoms with Gasteiger partial charge in [0.15, 0.2) is 0 Å². The second-order valence-corrected chi connectivity index (χ2v) is 5.16. The number of carboxylic acid groups (broad SMARTS) is 1. The van der Waals surface area contributed by atoms with Crippen LogP contribution in [0.3, 0.4) is 0 Å². The Bertz CT molecular complexity index is 523. The van der Waals surface area contributed by atoms with Crippen LogP contribution in [0.1, 0.15) is 12.0 Å². The summed E-state index contributed by atoms with van der Waals surface area (Å²) in [6.45, 7) is 0. The van der Waals surface area contributed by atoms with E-state index >= 15 is 0 Å². The molecule has 0 aliphatic rings. The highest BCUT2D eigenvalue weighted by Crippen LogP contribution is 2.04. The van der Waals surface area contributed by atoms with Crippen LogP contribution in [0.2, 0.25) is 0 Å². The van der Waals surface area contributed by atoms with Crippen molar-refractivity contribution in [2.75, 3.05) is 12.0 Å². The van der Waals surface area contributed by atoms with Crippen molar-refractivity contribution >= 4 is 29.8 Å². The average Bonchev–Trinajstić information content (AvgIpc) is 2.43. The van der Waals surface area contributed by atoms with Crippen molar-refractivity contribution in [1.29, 1.82) is 0 Å². The van der Waals surface area contributed by atoms with Crippen molar-refractivity contribution < 1.29 is 19.1 Å². The number of amides is 2. The molecule has 5 nitrogen and oxygen atoms in total. The van der Waals surface area contributed by atoms with Gasteiger partial charge in [-0.25, -0.2) is 14.0 Å². The number of rotatable bonds is 7. The zero-order valence-corrected chi connectivity index (χ0v) is 12.3. The predicted octanol–water partition coefficient (Wildman–Crippen LogP) is 2.30. The first-order chi connectivity index (χ1) is 10.0. The molecule has 1 unspecified atom stereocenters. The number of nitrogens with one attached hydrogen (secondary N) is 2. The van der Waals surface area contributed by atoms with Gasteiger partial charge < -0.3 is 15.7 Å². The molecule has 2 amide bonds. The van der Waals surface area contributed by atoms with Crippen molar-refractivity contribution in [3.05, 3.63) is 41.8 Å². The molecular formula is C14H17FN2O3S. The third-order valence-corrected chi connectivity index (χ3v) is 3.20. The zero-order chi connectivity index (χ0) is 15.7.